The van der Waals surface area contributed by atoms with Crippen molar-refractivity contribution >= 4 is 39.0 Å². The maximum absolute atomic E-state index is 12.5. The first-order valence-electron chi connectivity index (χ1n) is 5.53. The predicted molar refractivity (Wildman–Crippen MR) is 76.4 cm³/mol. The van der Waals surface area contributed by atoms with Gasteiger partial charge in [0.15, 0.2) is 0 Å². The fraction of sp³-hybridized carbons (Fsp3) is 0.154. The van der Waals surface area contributed by atoms with E-state index >= 15 is 0 Å². The largest absolute Gasteiger partial charge is 0.416 e. The lowest BCUT2D eigenvalue weighted by Gasteiger charge is -2.12. The number of hydrogen-bond acceptors (Lipinski definition) is 2. The summed E-state index contributed by atoms with van der Waals surface area (Å²) in [6.45, 7) is 1.88. The molecule has 1 aromatic carbocycles. The first-order chi connectivity index (χ1) is 9.27. The Hall–Kier alpha value is -1.27. The molecule has 0 fully saturated rings. The topological polar surface area (TPSA) is 24.9 Å². The summed E-state index contributed by atoms with van der Waals surface area (Å²) < 4.78 is 38.3. The number of rotatable bonds is 2. The predicted octanol–water partition coefficient (Wildman–Crippen LogP) is 5.57. The molecule has 0 saturated carbocycles. The van der Waals surface area contributed by atoms with Gasteiger partial charge in [-0.3, -0.25) is 0 Å². The highest BCUT2D eigenvalue weighted by Crippen LogP contribution is 2.35. The number of anilines is 2. The second kappa shape index (κ2) is 5.61. The minimum atomic E-state index is -4.41. The van der Waals surface area contributed by atoms with Crippen molar-refractivity contribution in [1.82, 2.24) is 4.98 Å². The van der Waals surface area contributed by atoms with Crippen LogP contribution in [0, 0.1) is 6.92 Å². The summed E-state index contributed by atoms with van der Waals surface area (Å²) in [6, 6.07) is 4.97. The molecule has 0 amide bonds. The van der Waals surface area contributed by atoms with Crippen molar-refractivity contribution in [3.05, 3.63) is 51.1 Å². The number of hydrogen-bond donors (Lipinski definition) is 1. The number of alkyl halides is 3. The Balaban J connectivity index is 2.30. The van der Waals surface area contributed by atoms with Crippen LogP contribution in [0.25, 0.3) is 0 Å². The van der Waals surface area contributed by atoms with Gasteiger partial charge in [-0.2, -0.15) is 13.2 Å². The van der Waals surface area contributed by atoms with Gasteiger partial charge in [-0.05, 0) is 52.7 Å². The van der Waals surface area contributed by atoms with Crippen LogP contribution in [0.5, 0.6) is 0 Å². The SMILES string of the molecule is Cc1cnc(Nc2ccc(C(F)(F)F)cc2Cl)c(Br)c1. The molecule has 0 unspecified atom stereocenters. The van der Waals surface area contributed by atoms with E-state index < -0.39 is 11.7 Å². The summed E-state index contributed by atoms with van der Waals surface area (Å²) in [6.07, 6.45) is -2.77. The number of pyridine rings is 1. The Morgan fingerprint density at radius 3 is 2.50 bits per heavy atom. The van der Waals surface area contributed by atoms with Crippen LogP contribution < -0.4 is 5.32 Å². The van der Waals surface area contributed by atoms with E-state index in [1.807, 2.05) is 13.0 Å². The number of aromatic nitrogens is 1. The second-order valence-corrected chi connectivity index (χ2v) is 5.42. The lowest BCUT2D eigenvalue weighted by atomic mass is 10.2. The maximum Gasteiger partial charge on any atom is 0.416 e. The minimum absolute atomic E-state index is 0.0194. The zero-order valence-electron chi connectivity index (χ0n) is 10.2. The summed E-state index contributed by atoms with van der Waals surface area (Å²) >= 11 is 9.19. The van der Waals surface area contributed by atoms with E-state index in [1.54, 1.807) is 6.20 Å². The maximum atomic E-state index is 12.5. The third kappa shape index (κ3) is 3.43. The Kier molecular flexibility index (Phi) is 4.25. The van der Waals surface area contributed by atoms with Crippen LogP contribution in [-0.2, 0) is 6.18 Å². The van der Waals surface area contributed by atoms with Gasteiger partial charge >= 0.3 is 6.18 Å². The highest BCUT2D eigenvalue weighted by molar-refractivity contribution is 9.10. The molecule has 2 nitrogen and oxygen atoms in total. The van der Waals surface area contributed by atoms with Crippen LogP contribution in [0.15, 0.2) is 34.9 Å². The van der Waals surface area contributed by atoms with E-state index in [0.29, 0.717) is 16.0 Å². The van der Waals surface area contributed by atoms with Crippen molar-refractivity contribution in [2.75, 3.05) is 5.32 Å². The van der Waals surface area contributed by atoms with Gasteiger partial charge < -0.3 is 5.32 Å². The molecule has 0 saturated heterocycles. The Bertz CT molecular complexity index is 644. The van der Waals surface area contributed by atoms with Gasteiger partial charge in [-0.15, -0.1) is 0 Å². The van der Waals surface area contributed by atoms with Gasteiger partial charge in [0, 0.05) is 6.20 Å². The van der Waals surface area contributed by atoms with E-state index in [1.165, 1.54) is 6.07 Å². The highest BCUT2D eigenvalue weighted by atomic mass is 79.9. The summed E-state index contributed by atoms with van der Waals surface area (Å²) in [7, 11) is 0. The normalized spacial score (nSPS) is 11.5. The van der Waals surface area contributed by atoms with Crippen molar-refractivity contribution in [2.24, 2.45) is 0 Å². The van der Waals surface area contributed by atoms with E-state index in [-0.39, 0.29) is 5.02 Å². The average Bonchev–Trinajstić information content (AvgIpc) is 2.33. The van der Waals surface area contributed by atoms with Crippen molar-refractivity contribution in [1.29, 1.82) is 0 Å². The number of aryl methyl sites for hydroxylation is 1. The molecule has 106 valence electrons. The van der Waals surface area contributed by atoms with Crippen LogP contribution in [-0.4, -0.2) is 4.98 Å². The summed E-state index contributed by atoms with van der Waals surface area (Å²) in [5, 5.41) is 2.87. The van der Waals surface area contributed by atoms with Gasteiger partial charge in [-0.25, -0.2) is 4.98 Å². The smallest absolute Gasteiger partial charge is 0.338 e. The molecular formula is C13H9BrClF3N2. The van der Waals surface area contributed by atoms with Crippen molar-refractivity contribution in [3.8, 4) is 0 Å². The summed E-state index contributed by atoms with van der Waals surface area (Å²) in [5.41, 5.74) is 0.529. The van der Waals surface area contributed by atoms with E-state index in [9.17, 15) is 13.2 Å². The van der Waals surface area contributed by atoms with Crippen LogP contribution in [0.2, 0.25) is 5.02 Å². The lowest BCUT2D eigenvalue weighted by Crippen LogP contribution is -2.05. The number of nitrogens with one attached hydrogen (secondary N) is 1. The molecular weight excluding hydrogens is 357 g/mol. The molecule has 7 heteroatoms. The Morgan fingerprint density at radius 1 is 1.25 bits per heavy atom. The molecule has 0 aliphatic rings. The molecule has 0 aliphatic carbocycles. The minimum Gasteiger partial charge on any atom is -0.338 e. The van der Waals surface area contributed by atoms with Crippen molar-refractivity contribution in [3.63, 3.8) is 0 Å². The zero-order chi connectivity index (χ0) is 14.9. The average molecular weight is 366 g/mol. The Labute approximate surface area is 127 Å². The van der Waals surface area contributed by atoms with Crippen molar-refractivity contribution < 1.29 is 13.2 Å². The molecule has 0 radical (unpaired) electrons. The first kappa shape index (κ1) is 15.1. The van der Waals surface area contributed by atoms with E-state index in [0.717, 1.165) is 17.7 Å². The van der Waals surface area contributed by atoms with Crippen LogP contribution in [0.3, 0.4) is 0 Å². The monoisotopic (exact) mass is 364 g/mol. The van der Waals surface area contributed by atoms with Gasteiger partial charge in [0.2, 0.25) is 0 Å². The molecule has 20 heavy (non-hydrogen) atoms. The third-order valence-electron chi connectivity index (χ3n) is 2.53. The second-order valence-electron chi connectivity index (χ2n) is 4.16. The number of halogens is 5. The number of benzene rings is 1. The summed E-state index contributed by atoms with van der Waals surface area (Å²) in [5.74, 6) is 0.484. The Morgan fingerprint density at radius 2 is 1.95 bits per heavy atom. The molecule has 0 spiro atoms. The quantitative estimate of drug-likeness (QED) is 0.753. The van der Waals surface area contributed by atoms with Gasteiger partial charge in [0.1, 0.15) is 5.82 Å². The van der Waals surface area contributed by atoms with Crippen LogP contribution in [0.1, 0.15) is 11.1 Å². The van der Waals surface area contributed by atoms with Gasteiger partial charge in [0.05, 0.1) is 20.7 Å². The van der Waals surface area contributed by atoms with E-state index in [4.69, 9.17) is 11.6 Å². The molecule has 2 aromatic rings. The molecule has 1 aromatic heterocycles. The van der Waals surface area contributed by atoms with Gasteiger partial charge in [0.25, 0.3) is 0 Å². The molecule has 1 N–H and O–H groups in total. The van der Waals surface area contributed by atoms with Crippen molar-refractivity contribution in [2.45, 2.75) is 13.1 Å². The standard InChI is InChI=1S/C13H9BrClF3N2/c1-7-4-9(14)12(19-6-7)20-11-3-2-8(5-10(11)15)13(16,17)18/h2-6H,1H3,(H,19,20). The van der Waals surface area contributed by atoms with Gasteiger partial charge in [-0.1, -0.05) is 11.6 Å². The van der Waals surface area contributed by atoms with Crippen LogP contribution >= 0.6 is 27.5 Å². The number of nitrogens with zero attached hydrogens (tertiary/aromatic N) is 1. The molecule has 0 bridgehead atoms. The lowest BCUT2D eigenvalue weighted by molar-refractivity contribution is -0.137. The van der Waals surface area contributed by atoms with Crippen LogP contribution in [0.4, 0.5) is 24.7 Å². The third-order valence-corrected chi connectivity index (χ3v) is 3.44. The molecule has 0 aliphatic heterocycles. The molecule has 0 atom stereocenters. The first-order valence-corrected chi connectivity index (χ1v) is 6.70. The fourth-order valence-electron chi connectivity index (χ4n) is 1.55. The highest BCUT2D eigenvalue weighted by Gasteiger charge is 2.30. The zero-order valence-corrected chi connectivity index (χ0v) is 12.6. The fourth-order valence-corrected chi connectivity index (χ4v) is 2.34. The molecule has 1 heterocycles. The summed E-state index contributed by atoms with van der Waals surface area (Å²) in [4.78, 5) is 4.15. The van der Waals surface area contributed by atoms with E-state index in [2.05, 4.69) is 26.2 Å². The molecule has 2 rings (SSSR count).